The Kier molecular flexibility index (Phi) is 4.93. The second kappa shape index (κ2) is 6.88. The minimum atomic E-state index is -0.677. The molecule has 1 unspecified atom stereocenters. The van der Waals surface area contributed by atoms with Crippen LogP contribution in [0.2, 0.25) is 0 Å². The Balaban J connectivity index is 2.21. The molecule has 2 N–H and O–H groups in total. The van der Waals surface area contributed by atoms with E-state index in [-0.39, 0.29) is 0 Å². The number of halogens is 1. The molecule has 4 heteroatoms. The van der Waals surface area contributed by atoms with Crippen LogP contribution < -0.4 is 10.5 Å². The minimum Gasteiger partial charge on any atom is -0.494 e. The zero-order valence-electron chi connectivity index (χ0n) is 11.9. The first-order valence-electron chi connectivity index (χ1n) is 6.87. The first kappa shape index (κ1) is 15.0. The molecule has 0 saturated heterocycles. The Bertz CT molecular complexity index is 610. The molecular formula is C17H18FNO2. The molecular weight excluding hydrogens is 269 g/mol. The molecule has 0 aliphatic carbocycles. The lowest BCUT2D eigenvalue weighted by molar-refractivity contribution is -0.119. The summed E-state index contributed by atoms with van der Waals surface area (Å²) in [5.41, 5.74) is 6.67. The van der Waals surface area contributed by atoms with Crippen LogP contribution in [-0.4, -0.2) is 12.5 Å². The SMILES string of the molecule is CCOc1ccc(CC(C(N)=O)c2ccccc2F)cc1. The number of hydrogen-bond donors (Lipinski definition) is 1. The average molecular weight is 287 g/mol. The Labute approximate surface area is 123 Å². The fourth-order valence-corrected chi connectivity index (χ4v) is 2.25. The molecule has 0 fully saturated rings. The van der Waals surface area contributed by atoms with Crippen molar-refractivity contribution in [2.24, 2.45) is 5.73 Å². The van der Waals surface area contributed by atoms with E-state index in [4.69, 9.17) is 10.5 Å². The lowest BCUT2D eigenvalue weighted by Gasteiger charge is -2.15. The molecule has 0 spiro atoms. The average Bonchev–Trinajstić information content (AvgIpc) is 2.47. The van der Waals surface area contributed by atoms with E-state index in [9.17, 15) is 9.18 Å². The molecule has 0 saturated carbocycles. The van der Waals surface area contributed by atoms with Crippen LogP contribution >= 0.6 is 0 Å². The van der Waals surface area contributed by atoms with Gasteiger partial charge in [-0.05, 0) is 37.1 Å². The summed E-state index contributed by atoms with van der Waals surface area (Å²) in [4.78, 5) is 11.7. The van der Waals surface area contributed by atoms with Crippen molar-refractivity contribution >= 4 is 5.91 Å². The fourth-order valence-electron chi connectivity index (χ4n) is 2.25. The van der Waals surface area contributed by atoms with Gasteiger partial charge in [0.25, 0.3) is 0 Å². The summed E-state index contributed by atoms with van der Waals surface area (Å²) in [7, 11) is 0. The van der Waals surface area contributed by atoms with Gasteiger partial charge in [-0.2, -0.15) is 0 Å². The van der Waals surface area contributed by atoms with Gasteiger partial charge in [0.1, 0.15) is 11.6 Å². The molecule has 0 aromatic heterocycles. The molecule has 2 aromatic carbocycles. The number of ether oxygens (including phenoxy) is 1. The molecule has 0 radical (unpaired) electrons. The summed E-state index contributed by atoms with van der Waals surface area (Å²) in [5, 5.41) is 0. The van der Waals surface area contributed by atoms with Crippen molar-refractivity contribution in [3.05, 3.63) is 65.5 Å². The summed E-state index contributed by atoms with van der Waals surface area (Å²) < 4.78 is 19.2. The largest absolute Gasteiger partial charge is 0.494 e. The smallest absolute Gasteiger partial charge is 0.225 e. The Morgan fingerprint density at radius 3 is 2.43 bits per heavy atom. The van der Waals surface area contributed by atoms with Crippen LogP contribution in [0, 0.1) is 5.82 Å². The van der Waals surface area contributed by atoms with Gasteiger partial charge < -0.3 is 10.5 Å². The Hall–Kier alpha value is -2.36. The zero-order valence-corrected chi connectivity index (χ0v) is 11.9. The molecule has 0 aliphatic heterocycles. The third-order valence-electron chi connectivity index (χ3n) is 3.30. The highest BCUT2D eigenvalue weighted by molar-refractivity contribution is 5.82. The van der Waals surface area contributed by atoms with Crippen LogP contribution in [0.15, 0.2) is 48.5 Å². The maximum Gasteiger partial charge on any atom is 0.225 e. The number of primary amides is 1. The van der Waals surface area contributed by atoms with Crippen molar-refractivity contribution in [1.82, 2.24) is 0 Å². The molecule has 1 atom stereocenters. The highest BCUT2D eigenvalue weighted by atomic mass is 19.1. The van der Waals surface area contributed by atoms with Crippen molar-refractivity contribution in [3.63, 3.8) is 0 Å². The number of nitrogens with two attached hydrogens (primary N) is 1. The number of hydrogen-bond acceptors (Lipinski definition) is 2. The van der Waals surface area contributed by atoms with E-state index in [1.165, 1.54) is 6.07 Å². The van der Waals surface area contributed by atoms with Crippen molar-refractivity contribution in [3.8, 4) is 5.75 Å². The van der Waals surface area contributed by atoms with Gasteiger partial charge in [0.05, 0.1) is 12.5 Å². The number of benzene rings is 2. The van der Waals surface area contributed by atoms with Gasteiger partial charge in [-0.25, -0.2) is 4.39 Å². The maximum absolute atomic E-state index is 13.8. The van der Waals surface area contributed by atoms with Gasteiger partial charge >= 0.3 is 0 Å². The Morgan fingerprint density at radius 1 is 1.19 bits per heavy atom. The molecule has 0 bridgehead atoms. The number of carbonyl (C=O) groups excluding carboxylic acids is 1. The molecule has 3 nitrogen and oxygen atoms in total. The van der Waals surface area contributed by atoms with Crippen LogP contribution in [0.5, 0.6) is 5.75 Å². The highest BCUT2D eigenvalue weighted by Gasteiger charge is 2.21. The lowest BCUT2D eigenvalue weighted by Crippen LogP contribution is -2.24. The van der Waals surface area contributed by atoms with Gasteiger partial charge in [-0.1, -0.05) is 30.3 Å². The van der Waals surface area contributed by atoms with Crippen LogP contribution in [0.3, 0.4) is 0 Å². The second-order valence-electron chi connectivity index (χ2n) is 4.76. The van der Waals surface area contributed by atoms with Crippen molar-refractivity contribution in [1.29, 1.82) is 0 Å². The van der Waals surface area contributed by atoms with E-state index < -0.39 is 17.6 Å². The second-order valence-corrected chi connectivity index (χ2v) is 4.76. The first-order valence-corrected chi connectivity index (χ1v) is 6.87. The number of rotatable bonds is 6. The predicted molar refractivity (Wildman–Crippen MR) is 79.7 cm³/mol. The molecule has 1 amide bonds. The zero-order chi connectivity index (χ0) is 15.2. The summed E-state index contributed by atoms with van der Waals surface area (Å²) >= 11 is 0. The third-order valence-corrected chi connectivity index (χ3v) is 3.30. The Morgan fingerprint density at radius 2 is 1.86 bits per heavy atom. The van der Waals surface area contributed by atoms with Gasteiger partial charge in [-0.3, -0.25) is 4.79 Å². The maximum atomic E-state index is 13.8. The van der Waals surface area contributed by atoms with E-state index in [1.54, 1.807) is 18.2 Å². The van der Waals surface area contributed by atoms with Crippen molar-refractivity contribution in [2.75, 3.05) is 6.61 Å². The molecule has 0 aliphatic rings. The monoisotopic (exact) mass is 287 g/mol. The van der Waals surface area contributed by atoms with Crippen molar-refractivity contribution in [2.45, 2.75) is 19.3 Å². The normalized spacial score (nSPS) is 11.9. The summed E-state index contributed by atoms with van der Waals surface area (Å²) in [5.74, 6) is -0.854. The molecule has 21 heavy (non-hydrogen) atoms. The van der Waals surface area contributed by atoms with E-state index in [1.807, 2.05) is 31.2 Å². The summed E-state index contributed by atoms with van der Waals surface area (Å²) in [6, 6.07) is 13.6. The number of carbonyl (C=O) groups is 1. The topological polar surface area (TPSA) is 52.3 Å². The van der Waals surface area contributed by atoms with Crippen LogP contribution in [-0.2, 0) is 11.2 Å². The third kappa shape index (κ3) is 3.81. The molecule has 0 heterocycles. The van der Waals surface area contributed by atoms with Crippen LogP contribution in [0.4, 0.5) is 4.39 Å². The van der Waals surface area contributed by atoms with E-state index in [0.29, 0.717) is 18.6 Å². The highest BCUT2D eigenvalue weighted by Crippen LogP contribution is 2.24. The lowest BCUT2D eigenvalue weighted by atomic mass is 9.91. The van der Waals surface area contributed by atoms with Gasteiger partial charge in [-0.15, -0.1) is 0 Å². The van der Waals surface area contributed by atoms with E-state index >= 15 is 0 Å². The van der Waals surface area contributed by atoms with E-state index in [2.05, 4.69) is 0 Å². The summed E-state index contributed by atoms with van der Waals surface area (Å²) in [6.45, 7) is 2.51. The minimum absolute atomic E-state index is 0.332. The predicted octanol–water partition coefficient (Wildman–Crippen LogP) is 3.04. The fraction of sp³-hybridized carbons (Fsp3) is 0.235. The van der Waals surface area contributed by atoms with Gasteiger partial charge in [0, 0.05) is 5.56 Å². The molecule has 2 aromatic rings. The first-order chi connectivity index (χ1) is 10.1. The number of amides is 1. The standard InChI is InChI=1S/C17H18FNO2/c1-2-21-13-9-7-12(8-10-13)11-15(17(19)20)14-5-3-4-6-16(14)18/h3-10,15H,2,11H2,1H3,(H2,19,20). The van der Waals surface area contributed by atoms with Crippen molar-refractivity contribution < 1.29 is 13.9 Å². The van der Waals surface area contributed by atoms with E-state index in [0.717, 1.165) is 11.3 Å². The quantitative estimate of drug-likeness (QED) is 0.887. The van der Waals surface area contributed by atoms with Crippen LogP contribution in [0.25, 0.3) is 0 Å². The van der Waals surface area contributed by atoms with Gasteiger partial charge in [0.15, 0.2) is 0 Å². The summed E-state index contributed by atoms with van der Waals surface area (Å²) in [6.07, 6.45) is 0.364. The molecule has 2 rings (SSSR count). The molecule has 110 valence electrons. The van der Waals surface area contributed by atoms with Gasteiger partial charge in [0.2, 0.25) is 5.91 Å². The van der Waals surface area contributed by atoms with Crippen LogP contribution in [0.1, 0.15) is 24.0 Å².